The summed E-state index contributed by atoms with van der Waals surface area (Å²) in [5.41, 5.74) is 5.13. The Kier molecular flexibility index (Phi) is 33.8. The highest BCUT2D eigenvalue weighted by molar-refractivity contribution is 7.90. The molecule has 6 aliphatic rings. The minimum atomic E-state index is -4.47. The fraction of sp³-hybridized carbons (Fsp3) is 0.375. The van der Waals surface area contributed by atoms with Crippen LogP contribution in [-0.4, -0.2) is 205 Å². The van der Waals surface area contributed by atoms with Crippen molar-refractivity contribution in [3.05, 3.63) is 253 Å². The Labute approximate surface area is 850 Å². The molecule has 10 aromatic rings. The molecule has 48 heteroatoms. The van der Waals surface area contributed by atoms with E-state index < -0.39 is 120 Å². The molecule has 144 heavy (non-hydrogen) atoms. The summed E-state index contributed by atoms with van der Waals surface area (Å²) in [5.74, 6) is -6.16. The summed E-state index contributed by atoms with van der Waals surface area (Å²) in [6, 6.07) is 38.6. The van der Waals surface area contributed by atoms with Gasteiger partial charge in [-0.05, 0) is 284 Å². The van der Waals surface area contributed by atoms with E-state index in [0.29, 0.717) is 118 Å². The monoisotopic (exact) mass is 2130 g/mol. The molecule has 0 spiro atoms. The van der Waals surface area contributed by atoms with E-state index >= 15 is 0 Å². The maximum Gasteiger partial charge on any atom is 0.336 e. The van der Waals surface area contributed by atoms with Crippen LogP contribution >= 0.6 is 46.4 Å². The fourth-order valence-electron chi connectivity index (χ4n) is 18.8. The average molecular weight is 2140 g/mol. The molecule has 764 valence electrons. The molecule has 0 aliphatic carbocycles. The van der Waals surface area contributed by atoms with Gasteiger partial charge in [0.25, 0.3) is 81.4 Å². The van der Waals surface area contributed by atoms with Crippen molar-refractivity contribution in [2.75, 3.05) is 77.3 Å². The van der Waals surface area contributed by atoms with Crippen LogP contribution in [0.2, 0.25) is 20.6 Å². The second-order valence-corrected chi connectivity index (χ2v) is 45.8. The normalized spacial score (nSPS) is 18.6. The number of nitrogens with zero attached hydrogens (tertiary/aromatic N) is 13. The molecule has 6 aliphatic heterocycles. The number of pyridine rings is 8. The summed E-state index contributed by atoms with van der Waals surface area (Å²) in [5, 5.41) is 13.8. The predicted octanol–water partition coefficient (Wildman–Crippen LogP) is 13.8. The number of fused-ring (bicyclic) bond motifs is 7. The second-order valence-electron chi connectivity index (χ2n) is 37.7. The van der Waals surface area contributed by atoms with Crippen molar-refractivity contribution >= 4 is 163 Å². The van der Waals surface area contributed by atoms with Gasteiger partial charge in [0, 0.05) is 68.0 Å². The van der Waals surface area contributed by atoms with Crippen molar-refractivity contribution in [2.45, 2.75) is 175 Å². The molecule has 8 aromatic heterocycles. The van der Waals surface area contributed by atoms with E-state index in [1.807, 2.05) is 70.4 Å². The topological polar surface area (TPSA) is 511 Å². The number of hydrogen-bond donors (Lipinski definition) is 8. The molecule has 4 fully saturated rings. The van der Waals surface area contributed by atoms with Gasteiger partial charge < -0.3 is 41.1 Å². The zero-order chi connectivity index (χ0) is 105. The summed E-state index contributed by atoms with van der Waals surface area (Å²) in [4.78, 5) is 142. The van der Waals surface area contributed by atoms with Gasteiger partial charge in [-0.1, -0.05) is 94.9 Å². The SMILES string of the molecule is CC1(C)C[C@@H]2CCCNc3cccc(n3)S(=O)(=O)NC(=O)c3ccc(Cl)nc3N1C2.CC1(C)C[C@H](CCCN)CN1c1nc(Cl)ccc1C(=O)NS(=O)(=O)c1cccc(F)n1.CC1(C)C[C@H](CCCN2C(=O)c3ccccc3C2=O)CN1c1nc(Cl)ccc1C(=O)NS(=O)(=O)c1cccc(F)n1.CC1(C)C[C@H](CCCNC(=O)c2ccccc2C(=O)O)CN1c1nc(Cl)ccc1C(=O)NS(=O)(=O)c1cccc(F)n1. The van der Waals surface area contributed by atoms with Crippen LogP contribution in [0.3, 0.4) is 0 Å². The highest BCUT2D eigenvalue weighted by Crippen LogP contribution is 2.45. The van der Waals surface area contributed by atoms with Gasteiger partial charge in [0.05, 0.1) is 44.5 Å². The first-order valence-electron chi connectivity index (χ1n) is 45.7. The number of aromatic carboxylic acids is 1. The number of sulfonamides is 4. The molecule has 0 unspecified atom stereocenters. The first-order valence-corrected chi connectivity index (χ1v) is 53.2. The van der Waals surface area contributed by atoms with Gasteiger partial charge in [0.2, 0.25) is 17.8 Å². The molecular weight excluding hydrogens is 2030 g/mol. The third-order valence-electron chi connectivity index (χ3n) is 25.3. The minimum Gasteiger partial charge on any atom is -0.478 e. The van der Waals surface area contributed by atoms with Crippen LogP contribution in [0.15, 0.2) is 190 Å². The number of halogens is 7. The maximum atomic E-state index is 13.5. The van der Waals surface area contributed by atoms with Crippen LogP contribution in [0.4, 0.5) is 42.3 Å². The molecule has 7 amide bonds. The van der Waals surface area contributed by atoms with Gasteiger partial charge in [-0.25, -0.2) is 63.6 Å². The van der Waals surface area contributed by atoms with E-state index in [0.717, 1.165) is 87.9 Å². The number of carbonyl (C=O) groups excluding carboxylic acids is 7. The van der Waals surface area contributed by atoms with Crippen LogP contribution in [0.25, 0.3) is 0 Å². The van der Waals surface area contributed by atoms with E-state index in [-0.39, 0.29) is 105 Å². The molecular formula is C96H105Cl4F3N20O17S4. The summed E-state index contributed by atoms with van der Waals surface area (Å²) < 4.78 is 150. The van der Waals surface area contributed by atoms with E-state index in [1.54, 1.807) is 48.5 Å². The van der Waals surface area contributed by atoms with Gasteiger partial charge in [-0.3, -0.25) is 38.5 Å². The van der Waals surface area contributed by atoms with Crippen molar-refractivity contribution in [3.63, 3.8) is 0 Å². The van der Waals surface area contributed by atoms with Crippen LogP contribution in [-0.2, 0) is 40.1 Å². The molecule has 0 radical (unpaired) electrons. The van der Waals surface area contributed by atoms with Crippen molar-refractivity contribution in [1.29, 1.82) is 0 Å². The first-order chi connectivity index (χ1) is 67.8. The Morgan fingerprint density at radius 1 is 0.444 bits per heavy atom. The molecule has 0 saturated carbocycles. The number of carbonyl (C=O) groups is 8. The van der Waals surface area contributed by atoms with Gasteiger partial charge in [0.1, 0.15) is 49.7 Å². The number of hydrogen-bond acceptors (Lipinski definition) is 30. The number of rotatable bonds is 25. The predicted molar refractivity (Wildman–Crippen MR) is 533 cm³/mol. The Bertz CT molecular complexity index is 7080. The molecule has 4 bridgehead atoms. The number of nitrogens with two attached hydrogens (primary N) is 1. The largest absolute Gasteiger partial charge is 0.478 e. The van der Waals surface area contributed by atoms with E-state index in [9.17, 15) is 90.3 Å². The van der Waals surface area contributed by atoms with E-state index in [2.05, 4.69) is 74.0 Å². The van der Waals surface area contributed by atoms with Gasteiger partial charge in [-0.15, -0.1) is 0 Å². The summed E-state index contributed by atoms with van der Waals surface area (Å²) in [6.45, 7) is 20.4. The lowest BCUT2D eigenvalue weighted by atomic mass is 9.93. The Morgan fingerprint density at radius 3 is 1.26 bits per heavy atom. The maximum absolute atomic E-state index is 13.5. The molecule has 4 atom stereocenters. The Hall–Kier alpha value is -12.7. The second kappa shape index (κ2) is 44.9. The van der Waals surface area contributed by atoms with Crippen LogP contribution in [0, 0.1) is 41.5 Å². The van der Waals surface area contributed by atoms with Crippen molar-refractivity contribution < 1.29 is 90.3 Å². The molecule has 16 rings (SSSR count). The zero-order valence-corrected chi connectivity index (χ0v) is 85.6. The number of anilines is 5. The number of carboxylic acid groups (broad SMARTS) is 1. The first kappa shape index (κ1) is 109. The summed E-state index contributed by atoms with van der Waals surface area (Å²) >= 11 is 24.6. The van der Waals surface area contributed by atoms with Gasteiger partial charge >= 0.3 is 5.97 Å². The molecule has 9 N–H and O–H groups in total. The van der Waals surface area contributed by atoms with E-state index in [4.69, 9.17) is 52.1 Å². The zero-order valence-electron chi connectivity index (χ0n) is 79.3. The number of benzene rings is 2. The average Bonchev–Trinajstić information content (AvgIpc) is 1.59. The number of carboxylic acids is 1. The highest BCUT2D eigenvalue weighted by Gasteiger charge is 2.47. The van der Waals surface area contributed by atoms with Gasteiger partial charge in [-0.2, -0.15) is 46.8 Å². The molecule has 2 aromatic carbocycles. The highest BCUT2D eigenvalue weighted by atomic mass is 35.5. The standard InChI is InChI=1S/C28H29ClFN5O6S.C28H27ClFN5O5S.C20H25ClFN5O3S.C20H24ClN5O3S/c1-28(2)15-17(7-6-14-31-25(36)18-8-3-4-9-19(18)27(38)39)16-35(28)24-20(12-13-21(29)32-24)26(37)34-42(40,41)23-11-5-10-22(30)33-23;1-28(2)15-17(7-6-14-34-26(37)18-8-3-4-9-19(18)27(34)38)16-35(28)24-20(12-13-21(29)31-24)25(36)33-41(39,40)23-11-5-10-22(30)32-23;1-20(2)11-13(5-4-10-23)12-27(20)18-14(8-9-15(21)24-18)19(28)26-31(29,30)17-7-3-6-16(22)25-17;1-20(2)11-13-5-4-10-22-16-6-3-7-17(24-16)30(28,29)25-19(27)14-8-9-15(21)23-18(14)26(20)12-13/h3-5,8-13,17H,6-7,14-16H2,1-2H3,(H,31,36)(H,34,37)(H,38,39);3-5,8-13,17H,6-7,14-16H2,1-2H3,(H,33,36);3,6-9,13H,4-5,10-12,23H2,1-2H3,(H,26,28);3,6-9,13H,4-5,10-12H2,1-2H3,(H,22,24)(H,25,27)/t2*17-;2*13-/m0000/s1. The summed E-state index contributed by atoms with van der Waals surface area (Å²) in [7, 11) is -17.5. The third-order valence-corrected chi connectivity index (χ3v) is 31.0. The number of imide groups is 1. The van der Waals surface area contributed by atoms with Crippen LogP contribution in [0.1, 0.15) is 215 Å². The van der Waals surface area contributed by atoms with Crippen LogP contribution < -0.4 is 54.9 Å². The third kappa shape index (κ3) is 26.2. The fourth-order valence-corrected chi connectivity index (χ4v) is 23.1. The van der Waals surface area contributed by atoms with Gasteiger partial charge in [0.15, 0.2) is 20.1 Å². The quantitative estimate of drug-likeness (QED) is 0.0150. The van der Waals surface area contributed by atoms with Crippen LogP contribution in [0.5, 0.6) is 0 Å². The lowest BCUT2D eigenvalue weighted by Gasteiger charge is -2.33. The minimum absolute atomic E-state index is 0.0193. The molecule has 4 saturated heterocycles. The Balaban J connectivity index is 0.000000163. The lowest BCUT2D eigenvalue weighted by Crippen LogP contribution is -2.41. The van der Waals surface area contributed by atoms with Crippen molar-refractivity contribution in [3.8, 4) is 0 Å². The molecule has 14 heterocycles. The molecule has 37 nitrogen and oxygen atoms in total. The van der Waals surface area contributed by atoms with Crippen molar-refractivity contribution in [1.82, 2.24) is 69.0 Å². The number of aromatic nitrogens is 8. The number of amides is 7. The Morgan fingerprint density at radius 2 is 0.833 bits per heavy atom. The summed E-state index contributed by atoms with van der Waals surface area (Å²) in [6.07, 6.45) is 9.61. The number of nitrogens with one attached hydrogen (secondary N) is 6. The lowest BCUT2D eigenvalue weighted by molar-refractivity contribution is 0.0645. The van der Waals surface area contributed by atoms with Crippen molar-refractivity contribution in [2.24, 2.45) is 29.4 Å². The van der Waals surface area contributed by atoms with E-state index in [1.165, 1.54) is 89.8 Å². The smallest absolute Gasteiger partial charge is 0.336 e.